The van der Waals surface area contributed by atoms with Crippen LogP contribution in [0.4, 0.5) is 10.5 Å². The Balaban J connectivity index is 2.09. The number of esters is 1. The maximum Gasteiger partial charge on any atom is 0.412 e. The number of aliphatic hydroxyl groups is 1. The molecule has 2 rings (SSSR count). The van der Waals surface area contributed by atoms with Gasteiger partial charge in [-0.1, -0.05) is 19.1 Å². The van der Waals surface area contributed by atoms with Crippen molar-refractivity contribution in [2.24, 2.45) is 5.92 Å². The Hall–Kier alpha value is -2.36. The minimum Gasteiger partial charge on any atom is -0.491 e. The number of hydrogen-bond donors (Lipinski definition) is 3. The third kappa shape index (κ3) is 8.64. The highest BCUT2D eigenvalue weighted by Crippen LogP contribution is 2.30. The second kappa shape index (κ2) is 13.9. The van der Waals surface area contributed by atoms with Crippen LogP contribution in [0.3, 0.4) is 0 Å². The molecule has 0 saturated heterocycles. The van der Waals surface area contributed by atoms with Crippen molar-refractivity contribution in [2.75, 3.05) is 37.1 Å². The monoisotopic (exact) mass is 479 g/mol. The molecule has 0 saturated carbocycles. The van der Waals surface area contributed by atoms with Gasteiger partial charge in [0.25, 0.3) is 0 Å². The highest BCUT2D eigenvalue weighted by atomic mass is 32.2. The van der Waals surface area contributed by atoms with Crippen LogP contribution in [0.15, 0.2) is 53.4 Å². The number of aliphatic hydroxyl groups excluding tert-OH is 1. The van der Waals surface area contributed by atoms with Gasteiger partial charge in [0.15, 0.2) is 0 Å². The maximum atomic E-state index is 12.6. The van der Waals surface area contributed by atoms with Crippen LogP contribution >= 0.6 is 24.4 Å². The van der Waals surface area contributed by atoms with Gasteiger partial charge in [0.2, 0.25) is 0 Å². The van der Waals surface area contributed by atoms with Crippen molar-refractivity contribution in [2.45, 2.75) is 24.3 Å². The molecular weight excluding hydrogens is 450 g/mol. The molecule has 7 nitrogen and oxygen atoms in total. The third-order valence-corrected chi connectivity index (χ3v) is 5.62. The Morgan fingerprint density at radius 2 is 1.78 bits per heavy atom. The fraction of sp³-hybridized carbons (Fsp3) is 0.391. The lowest BCUT2D eigenvalue weighted by Crippen LogP contribution is -2.23. The molecule has 0 bridgehead atoms. The zero-order valence-corrected chi connectivity index (χ0v) is 19.9. The van der Waals surface area contributed by atoms with E-state index in [1.807, 2.05) is 49.6 Å². The summed E-state index contributed by atoms with van der Waals surface area (Å²) in [6.07, 6.45) is 1.34. The Labute approximate surface area is 198 Å². The number of nitrogens with one attached hydrogen (secondary N) is 1. The number of carbonyl (C=O) groups excluding carboxylic acids is 2. The van der Waals surface area contributed by atoms with Crippen LogP contribution in [0.5, 0.6) is 5.75 Å². The second-order valence-corrected chi connectivity index (χ2v) is 8.16. The third-order valence-electron chi connectivity index (χ3n) is 4.62. The van der Waals surface area contributed by atoms with Crippen LogP contribution in [0, 0.1) is 5.92 Å². The fourth-order valence-corrected chi connectivity index (χ4v) is 3.42. The first-order valence-electron chi connectivity index (χ1n) is 10.2. The number of hydrogen-bond acceptors (Lipinski definition) is 8. The Morgan fingerprint density at radius 1 is 1.09 bits per heavy atom. The van der Waals surface area contributed by atoms with Crippen LogP contribution in [0.25, 0.3) is 0 Å². The number of thiol groups is 1. The van der Waals surface area contributed by atoms with Crippen LogP contribution < -0.4 is 10.1 Å². The predicted octanol–water partition coefficient (Wildman–Crippen LogP) is 4.57. The average molecular weight is 480 g/mol. The number of thioether (sulfide) groups is 1. The van der Waals surface area contributed by atoms with Gasteiger partial charge >= 0.3 is 12.1 Å². The van der Waals surface area contributed by atoms with Crippen molar-refractivity contribution in [1.82, 2.24) is 0 Å². The minimum absolute atomic E-state index is 0.0152. The van der Waals surface area contributed by atoms with E-state index in [0.29, 0.717) is 17.9 Å². The highest BCUT2D eigenvalue weighted by molar-refractivity contribution is 7.98. The molecule has 0 aliphatic carbocycles. The number of carbonyl (C=O) groups is 2. The van der Waals surface area contributed by atoms with Crippen LogP contribution in [0.2, 0.25) is 0 Å². The Bertz CT molecular complexity index is 845. The summed E-state index contributed by atoms with van der Waals surface area (Å²) in [7, 11) is 0. The van der Waals surface area contributed by atoms with Gasteiger partial charge in [-0.15, -0.1) is 11.8 Å². The Kier molecular flexibility index (Phi) is 11.3. The molecule has 0 spiro atoms. The summed E-state index contributed by atoms with van der Waals surface area (Å²) in [5.41, 5.74) is 1.41. The summed E-state index contributed by atoms with van der Waals surface area (Å²) < 4.78 is 16.3. The van der Waals surface area contributed by atoms with E-state index in [4.69, 9.17) is 19.3 Å². The molecule has 0 aliphatic heterocycles. The first-order chi connectivity index (χ1) is 15.5. The van der Waals surface area contributed by atoms with Crippen LogP contribution in [0.1, 0.15) is 25.0 Å². The normalized spacial score (nSPS) is 12.5. The van der Waals surface area contributed by atoms with E-state index in [0.717, 1.165) is 10.5 Å². The van der Waals surface area contributed by atoms with Gasteiger partial charge in [0.1, 0.15) is 18.5 Å². The number of anilines is 1. The molecule has 0 fully saturated rings. The molecule has 174 valence electrons. The van der Waals surface area contributed by atoms with Crippen molar-refractivity contribution in [3.63, 3.8) is 0 Å². The second-order valence-electron chi connectivity index (χ2n) is 6.97. The molecule has 9 heteroatoms. The quantitative estimate of drug-likeness (QED) is 0.233. The van der Waals surface area contributed by atoms with E-state index in [9.17, 15) is 9.59 Å². The minimum atomic E-state index is -0.577. The maximum absolute atomic E-state index is 12.6. The summed E-state index contributed by atoms with van der Waals surface area (Å²) in [6.45, 7) is 2.25. The molecular formula is C23H29NO6S2. The molecule has 2 aromatic rings. The lowest BCUT2D eigenvalue weighted by Gasteiger charge is -2.25. The van der Waals surface area contributed by atoms with Gasteiger partial charge in [0.05, 0.1) is 19.0 Å². The number of benzene rings is 2. The van der Waals surface area contributed by atoms with E-state index in [1.54, 1.807) is 23.9 Å². The summed E-state index contributed by atoms with van der Waals surface area (Å²) >= 11 is 5.51. The topological polar surface area (TPSA) is 94.1 Å². The summed E-state index contributed by atoms with van der Waals surface area (Å²) in [5, 5.41) is 11.7. The SMILES string of the molecule is CSc1ccc(NC(=O)O[C@H](c2ccc(OCCO)cc2)[C@@H](C)CCOC(=O)CS)cc1. The molecule has 2 aromatic carbocycles. The van der Waals surface area contributed by atoms with Gasteiger partial charge in [0, 0.05) is 16.5 Å². The molecule has 2 atom stereocenters. The molecule has 0 aromatic heterocycles. The zero-order chi connectivity index (χ0) is 23.3. The average Bonchev–Trinajstić information content (AvgIpc) is 2.81. The molecule has 0 aliphatic rings. The first-order valence-corrected chi connectivity index (χ1v) is 12.0. The van der Waals surface area contributed by atoms with E-state index >= 15 is 0 Å². The summed E-state index contributed by atoms with van der Waals surface area (Å²) in [5.74, 6) is 0.100. The zero-order valence-electron chi connectivity index (χ0n) is 18.2. The molecule has 0 heterocycles. The number of rotatable bonds is 12. The summed E-state index contributed by atoms with van der Waals surface area (Å²) in [6, 6.07) is 14.6. The van der Waals surface area contributed by atoms with E-state index in [-0.39, 0.29) is 31.5 Å². The largest absolute Gasteiger partial charge is 0.491 e. The van der Waals surface area contributed by atoms with Crippen molar-refractivity contribution in [1.29, 1.82) is 0 Å². The molecule has 0 unspecified atom stereocenters. The lowest BCUT2D eigenvalue weighted by molar-refractivity contribution is -0.141. The van der Waals surface area contributed by atoms with Crippen molar-refractivity contribution in [3.05, 3.63) is 54.1 Å². The highest BCUT2D eigenvalue weighted by Gasteiger charge is 2.24. The predicted molar refractivity (Wildman–Crippen MR) is 129 cm³/mol. The van der Waals surface area contributed by atoms with Crippen LogP contribution in [-0.2, 0) is 14.3 Å². The lowest BCUT2D eigenvalue weighted by atomic mass is 9.94. The smallest absolute Gasteiger partial charge is 0.412 e. The number of amides is 1. The van der Waals surface area contributed by atoms with E-state index in [2.05, 4.69) is 17.9 Å². The van der Waals surface area contributed by atoms with Crippen LogP contribution in [-0.4, -0.2) is 49.0 Å². The van der Waals surface area contributed by atoms with Gasteiger partial charge in [-0.2, -0.15) is 12.6 Å². The first kappa shape index (κ1) is 25.9. The van der Waals surface area contributed by atoms with Gasteiger partial charge in [-0.25, -0.2) is 4.79 Å². The van der Waals surface area contributed by atoms with Crippen molar-refractivity contribution >= 4 is 42.1 Å². The van der Waals surface area contributed by atoms with Gasteiger partial charge in [-0.05, 0) is 54.6 Å². The number of ether oxygens (including phenoxy) is 3. The molecule has 2 N–H and O–H groups in total. The van der Waals surface area contributed by atoms with Crippen molar-refractivity contribution < 1.29 is 28.9 Å². The molecule has 32 heavy (non-hydrogen) atoms. The fourth-order valence-electron chi connectivity index (χ4n) is 2.92. The van der Waals surface area contributed by atoms with Crippen molar-refractivity contribution in [3.8, 4) is 5.75 Å². The van der Waals surface area contributed by atoms with Gasteiger partial charge in [-0.3, -0.25) is 10.1 Å². The Morgan fingerprint density at radius 3 is 2.38 bits per heavy atom. The van der Waals surface area contributed by atoms with Gasteiger partial charge < -0.3 is 19.3 Å². The molecule has 0 radical (unpaired) electrons. The summed E-state index contributed by atoms with van der Waals surface area (Å²) in [4.78, 5) is 25.1. The standard InChI is InChI=1S/C23H29NO6S2/c1-16(11-13-29-21(26)15-31)22(17-3-7-19(8-4-17)28-14-12-25)30-23(27)24-18-5-9-20(32-2)10-6-18/h3-10,16,22,25,31H,11-15H2,1-2H3,(H,24,27)/t16-,22-/m0/s1. The van der Waals surface area contributed by atoms with E-state index in [1.165, 1.54) is 0 Å². The van der Waals surface area contributed by atoms with E-state index < -0.39 is 18.2 Å². The molecule has 1 amide bonds.